The van der Waals surface area contributed by atoms with Gasteiger partial charge < -0.3 is 14.6 Å². The Kier molecular flexibility index (Phi) is 6.03. The van der Waals surface area contributed by atoms with Crippen LogP contribution in [-0.4, -0.2) is 59.5 Å². The topological polar surface area (TPSA) is 175 Å². The van der Waals surface area contributed by atoms with Crippen molar-refractivity contribution >= 4 is 28.0 Å². The SMILES string of the molecule is COc1cc(OC)nc(NC(=O)NS(=O)(=O)Cc2nn(C)c(C)c2C(=O)O)n1. The molecule has 2 aromatic heterocycles. The van der Waals surface area contributed by atoms with E-state index in [1.165, 1.54) is 38.9 Å². The van der Waals surface area contributed by atoms with Gasteiger partial charge in [0.15, 0.2) is 0 Å². The number of hydrogen-bond donors (Lipinski definition) is 3. The highest BCUT2D eigenvalue weighted by Crippen LogP contribution is 2.18. The number of carbonyl (C=O) groups is 2. The lowest BCUT2D eigenvalue weighted by Gasteiger charge is -2.09. The summed E-state index contributed by atoms with van der Waals surface area (Å²) in [6.45, 7) is 1.49. The normalized spacial score (nSPS) is 11.0. The van der Waals surface area contributed by atoms with Crippen molar-refractivity contribution in [2.75, 3.05) is 19.5 Å². The van der Waals surface area contributed by atoms with E-state index in [-0.39, 0.29) is 34.7 Å². The van der Waals surface area contributed by atoms with Crippen LogP contribution in [0.4, 0.5) is 10.7 Å². The molecule has 0 aliphatic carbocycles. The van der Waals surface area contributed by atoms with Crippen molar-refractivity contribution in [2.45, 2.75) is 12.7 Å². The van der Waals surface area contributed by atoms with E-state index < -0.39 is 27.8 Å². The van der Waals surface area contributed by atoms with Crippen LogP contribution in [0.25, 0.3) is 0 Å². The van der Waals surface area contributed by atoms with Crippen molar-refractivity contribution in [1.82, 2.24) is 24.5 Å². The number of nitrogens with zero attached hydrogens (tertiary/aromatic N) is 4. The second-order valence-electron chi connectivity index (χ2n) is 5.43. The highest BCUT2D eigenvalue weighted by atomic mass is 32.2. The molecule has 14 heteroatoms. The third-order valence-corrected chi connectivity index (χ3v) is 4.67. The molecule has 3 N–H and O–H groups in total. The second-order valence-corrected chi connectivity index (χ2v) is 7.15. The summed E-state index contributed by atoms with van der Waals surface area (Å²) in [5.74, 6) is -2.23. The largest absolute Gasteiger partial charge is 0.481 e. The molecule has 28 heavy (non-hydrogen) atoms. The Hall–Kier alpha value is -3.42. The average Bonchev–Trinajstić information content (AvgIpc) is 2.86. The first-order chi connectivity index (χ1) is 13.1. The Balaban J connectivity index is 2.16. The van der Waals surface area contributed by atoms with Crippen LogP contribution in [0.2, 0.25) is 0 Å². The highest BCUT2D eigenvalue weighted by molar-refractivity contribution is 7.89. The fourth-order valence-electron chi connectivity index (χ4n) is 2.21. The van der Waals surface area contributed by atoms with E-state index in [2.05, 4.69) is 20.4 Å². The van der Waals surface area contributed by atoms with E-state index in [1.54, 1.807) is 4.72 Å². The molecule has 2 amide bonds. The van der Waals surface area contributed by atoms with E-state index in [9.17, 15) is 23.1 Å². The number of anilines is 1. The third-order valence-electron chi connectivity index (χ3n) is 3.52. The molecule has 152 valence electrons. The number of sulfonamides is 1. The number of aromatic nitrogens is 4. The van der Waals surface area contributed by atoms with Gasteiger partial charge in [0, 0.05) is 12.7 Å². The van der Waals surface area contributed by atoms with Crippen molar-refractivity contribution in [3.63, 3.8) is 0 Å². The summed E-state index contributed by atoms with van der Waals surface area (Å²) in [7, 11) is -0.110. The lowest BCUT2D eigenvalue weighted by Crippen LogP contribution is -2.36. The Labute approximate surface area is 159 Å². The number of rotatable bonds is 7. The molecule has 0 unspecified atom stereocenters. The Morgan fingerprint density at radius 2 is 1.79 bits per heavy atom. The third kappa shape index (κ3) is 4.85. The van der Waals surface area contributed by atoms with Crippen molar-refractivity contribution in [3.05, 3.63) is 23.0 Å². The number of aromatic carboxylic acids is 1. The molecule has 0 aliphatic rings. The summed E-state index contributed by atoms with van der Waals surface area (Å²) in [4.78, 5) is 31.0. The summed E-state index contributed by atoms with van der Waals surface area (Å²) in [5, 5.41) is 15.3. The smallest absolute Gasteiger partial charge is 0.339 e. The van der Waals surface area contributed by atoms with Gasteiger partial charge in [-0.3, -0.25) is 10.00 Å². The molecule has 0 saturated heterocycles. The quantitative estimate of drug-likeness (QED) is 0.554. The zero-order chi connectivity index (χ0) is 21.1. The standard InChI is InChI=1S/C14H18N6O7S/c1-7-11(12(21)22)8(18-20(7)2)6-28(24,25)19-14(23)17-13-15-9(26-3)5-10(16-13)27-4/h5H,6H2,1-4H3,(H,21,22)(H2,15,16,17,19,23). The number of ether oxygens (including phenoxy) is 2. The molecule has 2 rings (SSSR count). The van der Waals surface area contributed by atoms with Gasteiger partial charge in [-0.05, 0) is 6.92 Å². The first-order valence-electron chi connectivity index (χ1n) is 7.60. The summed E-state index contributed by atoms with van der Waals surface area (Å²) in [6.07, 6.45) is 0. The monoisotopic (exact) mass is 414 g/mol. The van der Waals surface area contributed by atoms with Crippen LogP contribution >= 0.6 is 0 Å². The summed E-state index contributed by atoms with van der Waals surface area (Å²) in [5.41, 5.74) is -0.166. The molecule has 0 spiro atoms. The van der Waals surface area contributed by atoms with Gasteiger partial charge in [0.25, 0.3) is 0 Å². The van der Waals surface area contributed by atoms with Gasteiger partial charge in [0.2, 0.25) is 27.7 Å². The van der Waals surface area contributed by atoms with Crippen LogP contribution in [0.3, 0.4) is 0 Å². The number of urea groups is 1. The number of hydrogen-bond acceptors (Lipinski definition) is 9. The van der Waals surface area contributed by atoms with Crippen LogP contribution in [0.1, 0.15) is 21.7 Å². The zero-order valence-corrected chi connectivity index (χ0v) is 16.2. The number of carbonyl (C=O) groups excluding carboxylic acids is 1. The lowest BCUT2D eigenvalue weighted by atomic mass is 10.2. The van der Waals surface area contributed by atoms with E-state index in [4.69, 9.17) is 9.47 Å². The van der Waals surface area contributed by atoms with Crippen LogP contribution in [0, 0.1) is 6.92 Å². The molecule has 0 aliphatic heterocycles. The molecule has 0 radical (unpaired) electrons. The van der Waals surface area contributed by atoms with Gasteiger partial charge in [-0.15, -0.1) is 0 Å². The van der Waals surface area contributed by atoms with Gasteiger partial charge in [-0.1, -0.05) is 0 Å². The zero-order valence-electron chi connectivity index (χ0n) is 15.4. The van der Waals surface area contributed by atoms with E-state index in [0.717, 1.165) is 0 Å². The first kappa shape index (κ1) is 20.9. The maximum absolute atomic E-state index is 12.2. The molecule has 0 atom stereocenters. The fraction of sp³-hybridized carbons (Fsp3) is 0.357. The number of aryl methyl sites for hydroxylation is 1. The van der Waals surface area contributed by atoms with Crippen molar-refractivity contribution < 1.29 is 32.6 Å². The summed E-state index contributed by atoms with van der Waals surface area (Å²) < 4.78 is 37.3. The van der Waals surface area contributed by atoms with Crippen LogP contribution in [0.5, 0.6) is 11.8 Å². The van der Waals surface area contributed by atoms with E-state index in [1.807, 2.05) is 0 Å². The Morgan fingerprint density at radius 1 is 1.21 bits per heavy atom. The Morgan fingerprint density at radius 3 is 2.29 bits per heavy atom. The van der Waals surface area contributed by atoms with Gasteiger partial charge in [-0.2, -0.15) is 15.1 Å². The molecule has 2 heterocycles. The number of carboxylic acid groups (broad SMARTS) is 1. The number of carboxylic acids is 1. The van der Waals surface area contributed by atoms with Crippen LogP contribution in [-0.2, 0) is 22.8 Å². The summed E-state index contributed by atoms with van der Waals surface area (Å²) in [6, 6.07) is 0.205. The van der Waals surface area contributed by atoms with Crippen LogP contribution < -0.4 is 19.5 Å². The minimum absolute atomic E-state index is 0.0834. The maximum atomic E-state index is 12.2. The number of amides is 2. The lowest BCUT2D eigenvalue weighted by molar-refractivity contribution is 0.0695. The van der Waals surface area contributed by atoms with Gasteiger partial charge >= 0.3 is 12.0 Å². The minimum atomic E-state index is -4.26. The highest BCUT2D eigenvalue weighted by Gasteiger charge is 2.25. The predicted molar refractivity (Wildman–Crippen MR) is 94.8 cm³/mol. The molecular weight excluding hydrogens is 396 g/mol. The average molecular weight is 414 g/mol. The molecule has 0 bridgehead atoms. The van der Waals surface area contributed by atoms with Crippen molar-refractivity contribution in [3.8, 4) is 11.8 Å². The Bertz CT molecular complexity index is 995. The van der Waals surface area contributed by atoms with Gasteiger partial charge in [0.1, 0.15) is 11.3 Å². The minimum Gasteiger partial charge on any atom is -0.481 e. The number of nitrogens with one attached hydrogen (secondary N) is 2. The second kappa shape index (κ2) is 8.08. The first-order valence-corrected chi connectivity index (χ1v) is 9.25. The van der Waals surface area contributed by atoms with Crippen molar-refractivity contribution in [2.24, 2.45) is 7.05 Å². The summed E-state index contributed by atoms with van der Waals surface area (Å²) >= 11 is 0. The molecule has 0 aromatic carbocycles. The molecule has 0 saturated carbocycles. The van der Waals surface area contributed by atoms with E-state index in [0.29, 0.717) is 0 Å². The van der Waals surface area contributed by atoms with Crippen LogP contribution in [0.15, 0.2) is 6.07 Å². The molecule has 13 nitrogen and oxygen atoms in total. The maximum Gasteiger partial charge on any atom is 0.339 e. The van der Waals surface area contributed by atoms with Gasteiger partial charge in [-0.25, -0.2) is 22.7 Å². The van der Waals surface area contributed by atoms with E-state index >= 15 is 0 Å². The fourth-order valence-corrected chi connectivity index (χ4v) is 3.18. The molecule has 2 aromatic rings. The molecular formula is C14H18N6O7S. The molecule has 0 fully saturated rings. The predicted octanol–water partition coefficient (Wildman–Crippen LogP) is -0.115. The van der Waals surface area contributed by atoms with Gasteiger partial charge in [0.05, 0.1) is 26.0 Å². The number of methoxy groups -OCH3 is 2. The van der Waals surface area contributed by atoms with Crippen molar-refractivity contribution in [1.29, 1.82) is 0 Å².